The summed E-state index contributed by atoms with van der Waals surface area (Å²) >= 11 is 0. The first-order chi connectivity index (χ1) is 13.5. The van der Waals surface area contributed by atoms with Gasteiger partial charge in [-0.15, -0.1) is 0 Å². The van der Waals surface area contributed by atoms with Crippen LogP contribution in [0.4, 0.5) is 0 Å². The Morgan fingerprint density at radius 2 is 1.57 bits per heavy atom. The molecule has 3 rings (SSSR count). The molecule has 0 bridgehead atoms. The quantitative estimate of drug-likeness (QED) is 0.540. The van der Waals surface area contributed by atoms with Crippen molar-refractivity contribution >= 4 is 17.6 Å². The number of hydrogen-bond donors (Lipinski definition) is 2. The molecule has 3 aromatic rings. The van der Waals surface area contributed by atoms with Gasteiger partial charge in [0, 0.05) is 22.9 Å². The molecule has 134 valence electrons. The second kappa shape index (κ2) is 7.81. The van der Waals surface area contributed by atoms with Crippen LogP contribution in [0.2, 0.25) is 0 Å². The Kier molecular flexibility index (Phi) is 5.11. The number of rotatable bonds is 4. The van der Waals surface area contributed by atoms with E-state index in [1.165, 1.54) is 48.7 Å². The summed E-state index contributed by atoms with van der Waals surface area (Å²) in [6, 6.07) is 17.4. The second-order valence-corrected chi connectivity index (χ2v) is 5.76. The molecule has 7 nitrogen and oxygen atoms in total. The molecule has 2 N–H and O–H groups in total. The fourth-order valence-electron chi connectivity index (χ4n) is 2.53. The molecular weight excluding hydrogens is 356 g/mol. The molecular formula is C21H12N4O3. The van der Waals surface area contributed by atoms with E-state index >= 15 is 0 Å². The maximum Gasteiger partial charge on any atom is 0.274 e. The van der Waals surface area contributed by atoms with E-state index in [1.54, 1.807) is 12.1 Å². The van der Waals surface area contributed by atoms with E-state index in [0.717, 1.165) is 0 Å². The normalized spacial score (nSPS) is 9.79. The zero-order chi connectivity index (χ0) is 20.1. The number of carbonyl (C=O) groups is 3. The highest BCUT2D eigenvalue weighted by Gasteiger charge is 2.18. The summed E-state index contributed by atoms with van der Waals surface area (Å²) in [5.74, 6) is -1.75. The third-order valence-electron chi connectivity index (χ3n) is 3.99. The van der Waals surface area contributed by atoms with E-state index in [0.29, 0.717) is 5.56 Å². The van der Waals surface area contributed by atoms with Gasteiger partial charge in [0.1, 0.15) is 5.69 Å². The zero-order valence-electron chi connectivity index (χ0n) is 14.4. The van der Waals surface area contributed by atoms with Crippen LogP contribution in [-0.2, 0) is 0 Å². The Bertz CT molecular complexity index is 1160. The summed E-state index contributed by atoms with van der Waals surface area (Å²) in [5, 5.41) is 20.1. The van der Waals surface area contributed by atoms with Crippen molar-refractivity contribution in [2.75, 3.05) is 0 Å². The van der Waals surface area contributed by atoms with Crippen molar-refractivity contribution < 1.29 is 14.4 Å². The highest BCUT2D eigenvalue weighted by molar-refractivity contribution is 6.13. The van der Waals surface area contributed by atoms with Crippen LogP contribution >= 0.6 is 0 Å². The van der Waals surface area contributed by atoms with Crippen molar-refractivity contribution in [3.63, 3.8) is 0 Å². The predicted octanol–water partition coefficient (Wildman–Crippen LogP) is 2.56. The molecule has 0 aliphatic heterocycles. The van der Waals surface area contributed by atoms with Gasteiger partial charge in [-0.3, -0.25) is 19.7 Å². The Morgan fingerprint density at radius 3 is 2.25 bits per heavy atom. The molecule has 0 saturated carbocycles. The number of H-pyrrole nitrogens is 1. The van der Waals surface area contributed by atoms with Gasteiger partial charge in [-0.2, -0.15) is 10.5 Å². The van der Waals surface area contributed by atoms with Gasteiger partial charge in [-0.05, 0) is 42.5 Å². The molecule has 0 saturated heterocycles. The number of imide groups is 1. The van der Waals surface area contributed by atoms with Gasteiger partial charge in [-0.25, -0.2) is 0 Å². The lowest BCUT2D eigenvalue weighted by molar-refractivity contribution is 0.0846. The van der Waals surface area contributed by atoms with Crippen LogP contribution in [0.1, 0.15) is 47.9 Å². The summed E-state index contributed by atoms with van der Waals surface area (Å²) in [4.78, 5) is 39.6. The maximum absolute atomic E-state index is 12.6. The first kappa shape index (κ1) is 18.3. The first-order valence-electron chi connectivity index (χ1n) is 8.11. The number of nitriles is 2. The highest BCUT2D eigenvalue weighted by Crippen LogP contribution is 2.15. The third kappa shape index (κ3) is 3.69. The lowest BCUT2D eigenvalue weighted by Gasteiger charge is -2.03. The number of nitrogens with zero attached hydrogens (tertiary/aromatic N) is 2. The summed E-state index contributed by atoms with van der Waals surface area (Å²) in [6.45, 7) is 0. The standard InChI is InChI=1S/C21H12N4O3/c22-10-13-5-7-14(8-6-13)20(27)25-21(28)18-9-16(12-24-18)19(26)17-4-2-1-3-15(17)11-23/h1-9,12,24H,(H,25,27,28). The number of carbonyl (C=O) groups excluding carboxylic acids is 3. The minimum Gasteiger partial charge on any atom is -0.356 e. The predicted molar refractivity (Wildman–Crippen MR) is 98.3 cm³/mol. The Balaban J connectivity index is 1.75. The van der Waals surface area contributed by atoms with Crippen LogP contribution in [0.15, 0.2) is 60.8 Å². The topological polar surface area (TPSA) is 127 Å². The molecule has 7 heteroatoms. The van der Waals surface area contributed by atoms with Gasteiger partial charge >= 0.3 is 0 Å². The Hall–Kier alpha value is -4.49. The molecule has 0 spiro atoms. The molecule has 0 unspecified atom stereocenters. The summed E-state index contributed by atoms with van der Waals surface area (Å²) in [7, 11) is 0. The van der Waals surface area contributed by atoms with Gasteiger partial charge in [0.05, 0.1) is 23.3 Å². The van der Waals surface area contributed by atoms with Crippen LogP contribution in [0, 0.1) is 22.7 Å². The van der Waals surface area contributed by atoms with Crippen molar-refractivity contribution in [3.05, 3.63) is 94.3 Å². The minimum absolute atomic E-state index is 0.0276. The molecule has 2 aromatic carbocycles. The number of amides is 2. The number of benzene rings is 2. The first-order valence-corrected chi connectivity index (χ1v) is 8.11. The van der Waals surface area contributed by atoms with E-state index in [9.17, 15) is 14.4 Å². The van der Waals surface area contributed by atoms with Gasteiger partial charge in [0.2, 0.25) is 0 Å². The molecule has 1 heterocycles. The number of hydrogen-bond acceptors (Lipinski definition) is 5. The number of ketones is 1. The Labute approximate surface area is 159 Å². The van der Waals surface area contributed by atoms with E-state index in [2.05, 4.69) is 10.3 Å². The fraction of sp³-hybridized carbons (Fsp3) is 0. The van der Waals surface area contributed by atoms with Gasteiger partial charge in [0.25, 0.3) is 11.8 Å². The van der Waals surface area contributed by atoms with Crippen molar-refractivity contribution in [1.82, 2.24) is 10.3 Å². The van der Waals surface area contributed by atoms with Crippen molar-refractivity contribution in [2.24, 2.45) is 0 Å². The summed E-state index contributed by atoms with van der Waals surface area (Å²) in [5.41, 5.74) is 1.30. The minimum atomic E-state index is -0.707. The second-order valence-electron chi connectivity index (χ2n) is 5.76. The van der Waals surface area contributed by atoms with Gasteiger partial charge < -0.3 is 4.98 Å². The van der Waals surface area contributed by atoms with E-state index in [1.807, 2.05) is 12.1 Å². The number of nitrogens with one attached hydrogen (secondary N) is 2. The lowest BCUT2D eigenvalue weighted by atomic mass is 10.0. The lowest BCUT2D eigenvalue weighted by Crippen LogP contribution is -2.30. The summed E-state index contributed by atoms with van der Waals surface area (Å²) in [6.07, 6.45) is 1.34. The molecule has 0 fully saturated rings. The summed E-state index contributed by atoms with van der Waals surface area (Å²) < 4.78 is 0. The average Bonchev–Trinajstić information content (AvgIpc) is 3.23. The van der Waals surface area contributed by atoms with Gasteiger partial charge in [0.15, 0.2) is 5.78 Å². The maximum atomic E-state index is 12.6. The highest BCUT2D eigenvalue weighted by atomic mass is 16.2. The zero-order valence-corrected chi connectivity index (χ0v) is 14.4. The number of aromatic amines is 1. The van der Waals surface area contributed by atoms with Crippen LogP contribution in [0.25, 0.3) is 0 Å². The van der Waals surface area contributed by atoms with Crippen LogP contribution in [-0.4, -0.2) is 22.6 Å². The van der Waals surface area contributed by atoms with Crippen LogP contribution in [0.5, 0.6) is 0 Å². The molecule has 0 aliphatic carbocycles. The molecule has 0 radical (unpaired) electrons. The van der Waals surface area contributed by atoms with E-state index in [-0.39, 0.29) is 27.9 Å². The van der Waals surface area contributed by atoms with Crippen molar-refractivity contribution in [2.45, 2.75) is 0 Å². The molecule has 1 aromatic heterocycles. The SMILES string of the molecule is N#Cc1ccc(C(=O)NC(=O)c2cc(C(=O)c3ccccc3C#N)c[nH]2)cc1. The monoisotopic (exact) mass is 368 g/mol. The van der Waals surface area contributed by atoms with E-state index < -0.39 is 17.6 Å². The van der Waals surface area contributed by atoms with Crippen LogP contribution in [0.3, 0.4) is 0 Å². The average molecular weight is 368 g/mol. The van der Waals surface area contributed by atoms with Crippen molar-refractivity contribution in [1.29, 1.82) is 10.5 Å². The third-order valence-corrected chi connectivity index (χ3v) is 3.99. The molecule has 28 heavy (non-hydrogen) atoms. The molecule has 0 atom stereocenters. The van der Waals surface area contributed by atoms with E-state index in [4.69, 9.17) is 10.5 Å². The molecule has 0 aliphatic rings. The number of aromatic nitrogens is 1. The largest absolute Gasteiger partial charge is 0.356 e. The van der Waals surface area contributed by atoms with Crippen LogP contribution < -0.4 is 5.32 Å². The van der Waals surface area contributed by atoms with Gasteiger partial charge in [-0.1, -0.05) is 12.1 Å². The molecule has 2 amide bonds. The Morgan fingerprint density at radius 1 is 0.857 bits per heavy atom. The smallest absolute Gasteiger partial charge is 0.274 e. The van der Waals surface area contributed by atoms with Crippen molar-refractivity contribution in [3.8, 4) is 12.1 Å². The fourth-order valence-corrected chi connectivity index (χ4v) is 2.53.